The van der Waals surface area contributed by atoms with Gasteiger partial charge in [0.25, 0.3) is 5.91 Å². The lowest BCUT2D eigenvalue weighted by Crippen LogP contribution is -2.40. The zero-order valence-electron chi connectivity index (χ0n) is 25.2. The second-order valence-electron chi connectivity index (χ2n) is 11.6. The number of ketones is 1. The third kappa shape index (κ3) is 10.5. The van der Waals surface area contributed by atoms with Gasteiger partial charge in [-0.3, -0.25) is 9.59 Å². The number of carbonyl (C=O) groups excluding carboxylic acids is 2. The number of aryl methyl sites for hydroxylation is 1. The second kappa shape index (κ2) is 15.8. The Kier molecular flexibility index (Phi) is 11.6. The van der Waals surface area contributed by atoms with Crippen molar-refractivity contribution in [2.75, 3.05) is 11.9 Å². The molecule has 0 fully saturated rings. The van der Waals surface area contributed by atoms with Crippen molar-refractivity contribution in [3.05, 3.63) is 126 Å². The van der Waals surface area contributed by atoms with Crippen molar-refractivity contribution in [1.82, 2.24) is 9.55 Å². The largest absolute Gasteiger partial charge is 0.494 e. The van der Waals surface area contributed by atoms with E-state index in [2.05, 4.69) is 54.2 Å². The number of hydrogen-bond acceptors (Lipinski definition) is 5. The van der Waals surface area contributed by atoms with Crippen LogP contribution in [0, 0.1) is 0 Å². The van der Waals surface area contributed by atoms with Gasteiger partial charge < -0.3 is 19.4 Å². The SMILES string of the molecule is C[Si](C)(C)C(C/C=C/C(=O)c1cccc(NC(=O)c2ccc(OCCCCc3ccccc3)cc2)c1)OCn1ccnc1. The fourth-order valence-electron chi connectivity index (χ4n) is 4.53. The number of amides is 1. The van der Waals surface area contributed by atoms with Crippen LogP contribution in [0.3, 0.4) is 0 Å². The first-order valence-corrected chi connectivity index (χ1v) is 18.3. The Morgan fingerprint density at radius 3 is 2.47 bits per heavy atom. The number of anilines is 1. The van der Waals surface area contributed by atoms with Gasteiger partial charge in [0.2, 0.25) is 0 Å². The van der Waals surface area contributed by atoms with Gasteiger partial charge >= 0.3 is 0 Å². The number of nitrogens with zero attached hydrogens (tertiary/aromatic N) is 2. The summed E-state index contributed by atoms with van der Waals surface area (Å²) in [4.78, 5) is 29.8. The number of rotatable bonds is 16. The minimum absolute atomic E-state index is 0.0565. The first-order valence-electron chi connectivity index (χ1n) is 14.7. The summed E-state index contributed by atoms with van der Waals surface area (Å²) in [5.74, 6) is 0.368. The lowest BCUT2D eigenvalue weighted by Gasteiger charge is -2.28. The van der Waals surface area contributed by atoms with Gasteiger partial charge in [0.1, 0.15) is 12.5 Å². The van der Waals surface area contributed by atoms with Gasteiger partial charge in [0.15, 0.2) is 5.78 Å². The van der Waals surface area contributed by atoms with Crippen molar-refractivity contribution in [2.24, 2.45) is 0 Å². The van der Waals surface area contributed by atoms with E-state index in [4.69, 9.17) is 9.47 Å². The van der Waals surface area contributed by atoms with Gasteiger partial charge in [-0.1, -0.05) is 68.2 Å². The molecule has 0 bridgehead atoms. The molecule has 0 spiro atoms. The summed E-state index contributed by atoms with van der Waals surface area (Å²) in [6.45, 7) is 7.82. The Labute approximate surface area is 255 Å². The monoisotopic (exact) mass is 595 g/mol. The molecule has 3 aromatic carbocycles. The molecule has 7 nitrogen and oxygen atoms in total. The Morgan fingerprint density at radius 2 is 1.74 bits per heavy atom. The van der Waals surface area contributed by atoms with Crippen LogP contribution in [0.25, 0.3) is 0 Å². The van der Waals surface area contributed by atoms with E-state index in [0.717, 1.165) is 25.0 Å². The minimum atomic E-state index is -1.63. The number of hydrogen-bond donors (Lipinski definition) is 1. The van der Waals surface area contributed by atoms with Crippen LogP contribution in [0.2, 0.25) is 19.6 Å². The van der Waals surface area contributed by atoms with Crippen LogP contribution in [0.5, 0.6) is 5.75 Å². The summed E-state index contributed by atoms with van der Waals surface area (Å²) in [5.41, 5.74) is 2.98. The molecule has 1 N–H and O–H groups in total. The number of aromatic nitrogens is 2. The van der Waals surface area contributed by atoms with Crippen LogP contribution in [0.4, 0.5) is 5.69 Å². The predicted molar refractivity (Wildman–Crippen MR) is 174 cm³/mol. The average molecular weight is 596 g/mol. The van der Waals surface area contributed by atoms with Gasteiger partial charge in [-0.25, -0.2) is 4.98 Å². The van der Waals surface area contributed by atoms with E-state index < -0.39 is 8.07 Å². The van der Waals surface area contributed by atoms with E-state index in [1.54, 1.807) is 55.0 Å². The molecular formula is C35H41N3O4Si. The molecule has 4 aromatic rings. The zero-order valence-corrected chi connectivity index (χ0v) is 26.2. The first kappa shape index (κ1) is 31.7. The molecule has 1 aromatic heterocycles. The molecule has 0 saturated carbocycles. The highest BCUT2D eigenvalue weighted by Crippen LogP contribution is 2.19. The Morgan fingerprint density at radius 1 is 0.953 bits per heavy atom. The van der Waals surface area contributed by atoms with Gasteiger partial charge in [0.05, 0.1) is 26.7 Å². The van der Waals surface area contributed by atoms with Crippen molar-refractivity contribution in [3.63, 3.8) is 0 Å². The molecule has 1 heterocycles. The summed E-state index contributed by atoms with van der Waals surface area (Å²) in [6.07, 6.45) is 12.5. The maximum atomic E-state index is 12.9. The van der Waals surface area contributed by atoms with Crippen molar-refractivity contribution in [3.8, 4) is 5.75 Å². The van der Waals surface area contributed by atoms with E-state index in [1.165, 1.54) is 5.56 Å². The topological polar surface area (TPSA) is 82.5 Å². The maximum Gasteiger partial charge on any atom is 0.255 e. The molecule has 0 saturated heterocycles. The summed E-state index contributed by atoms with van der Waals surface area (Å²) in [5, 5.41) is 2.89. The quantitative estimate of drug-likeness (QED) is 0.0625. The smallest absolute Gasteiger partial charge is 0.255 e. The highest BCUT2D eigenvalue weighted by Gasteiger charge is 2.26. The molecule has 43 heavy (non-hydrogen) atoms. The number of imidazole rings is 1. The average Bonchev–Trinajstić information content (AvgIpc) is 3.53. The fourth-order valence-corrected chi connectivity index (χ4v) is 5.95. The Bertz CT molecular complexity index is 1460. The third-order valence-electron chi connectivity index (χ3n) is 7.06. The summed E-state index contributed by atoms with van der Waals surface area (Å²) < 4.78 is 13.9. The molecule has 0 aliphatic carbocycles. The maximum absolute atomic E-state index is 12.9. The summed E-state index contributed by atoms with van der Waals surface area (Å²) in [7, 11) is -1.63. The van der Waals surface area contributed by atoms with Crippen LogP contribution >= 0.6 is 0 Å². The minimum Gasteiger partial charge on any atom is -0.494 e. The zero-order chi connectivity index (χ0) is 30.5. The molecular weight excluding hydrogens is 554 g/mol. The lowest BCUT2D eigenvalue weighted by atomic mass is 10.1. The predicted octanol–water partition coefficient (Wildman–Crippen LogP) is 7.59. The number of ether oxygens (including phenoxy) is 2. The standard InChI is InChI=1S/C35H41N3O4Si/c1-43(2,3)34(42-27-38-23-22-36-26-38)17-10-16-33(39)30-14-9-15-31(25-30)37-35(40)29-18-20-32(21-19-29)41-24-8-7-13-28-11-5-4-6-12-28/h4-6,9-12,14-16,18-23,25-26,34H,7-8,13,17,24,27H2,1-3H3,(H,37,40)/b16-10+. The second-order valence-corrected chi connectivity index (χ2v) is 17.0. The van der Waals surface area contributed by atoms with Gasteiger partial charge in [0, 0.05) is 29.2 Å². The summed E-state index contributed by atoms with van der Waals surface area (Å²) >= 11 is 0. The molecule has 0 aliphatic heterocycles. The van der Waals surface area contributed by atoms with Crippen LogP contribution in [-0.4, -0.2) is 41.6 Å². The molecule has 8 heteroatoms. The molecule has 0 radical (unpaired) electrons. The van der Waals surface area contributed by atoms with Gasteiger partial charge in [-0.05, 0) is 73.7 Å². The van der Waals surface area contributed by atoms with Crippen LogP contribution < -0.4 is 10.1 Å². The first-order chi connectivity index (χ1) is 20.8. The number of carbonyl (C=O) groups is 2. The number of nitrogens with one attached hydrogen (secondary N) is 1. The van der Waals surface area contributed by atoms with E-state index in [-0.39, 0.29) is 17.4 Å². The van der Waals surface area contributed by atoms with Gasteiger partial charge in [-0.2, -0.15) is 0 Å². The van der Waals surface area contributed by atoms with Gasteiger partial charge in [-0.15, -0.1) is 0 Å². The van der Waals surface area contributed by atoms with Crippen molar-refractivity contribution < 1.29 is 19.1 Å². The van der Waals surface area contributed by atoms with E-state index in [9.17, 15) is 9.59 Å². The molecule has 224 valence electrons. The van der Waals surface area contributed by atoms with Crippen molar-refractivity contribution >= 4 is 25.5 Å². The molecule has 4 rings (SSSR count). The van der Waals surface area contributed by atoms with Crippen LogP contribution in [0.1, 0.15) is 45.5 Å². The van der Waals surface area contributed by atoms with Crippen LogP contribution in [-0.2, 0) is 17.9 Å². The van der Waals surface area contributed by atoms with E-state index >= 15 is 0 Å². The molecule has 1 amide bonds. The van der Waals surface area contributed by atoms with Crippen molar-refractivity contribution in [1.29, 1.82) is 0 Å². The normalized spacial score (nSPS) is 12.3. The Hall–Kier alpha value is -4.27. The van der Waals surface area contributed by atoms with E-state index in [0.29, 0.717) is 36.6 Å². The number of allylic oxidation sites excluding steroid dienone is 1. The molecule has 1 unspecified atom stereocenters. The van der Waals surface area contributed by atoms with Crippen LogP contribution in [0.15, 0.2) is 110 Å². The van der Waals surface area contributed by atoms with Crippen molar-refractivity contribution in [2.45, 2.75) is 57.8 Å². The fraction of sp³-hybridized carbons (Fsp3) is 0.286. The van der Waals surface area contributed by atoms with E-state index in [1.807, 2.05) is 35.0 Å². The molecule has 1 atom stereocenters. The molecule has 0 aliphatic rings. The lowest BCUT2D eigenvalue weighted by molar-refractivity contribution is 0.0483. The number of unbranched alkanes of at least 4 members (excludes halogenated alkanes) is 1. The summed E-state index contributed by atoms with van der Waals surface area (Å²) in [6, 6.07) is 24.5. The highest BCUT2D eigenvalue weighted by molar-refractivity contribution is 6.77. The third-order valence-corrected chi connectivity index (χ3v) is 9.40. The number of benzene rings is 3. The highest BCUT2D eigenvalue weighted by atomic mass is 28.3. The Balaban J connectivity index is 1.24.